The van der Waals surface area contributed by atoms with E-state index >= 15 is 0 Å². The van der Waals surface area contributed by atoms with Crippen molar-refractivity contribution in [3.05, 3.63) is 88.4 Å². The van der Waals surface area contributed by atoms with Crippen molar-refractivity contribution >= 4 is 22.7 Å². The van der Waals surface area contributed by atoms with E-state index in [2.05, 4.69) is 9.55 Å². The molecule has 0 saturated carbocycles. The third-order valence-electron chi connectivity index (χ3n) is 6.05. The number of rotatable bonds is 6. The molecular formula is C27H24N2O5. The van der Waals surface area contributed by atoms with Crippen molar-refractivity contribution in [2.45, 2.75) is 27.3 Å². The predicted octanol–water partition coefficient (Wildman–Crippen LogP) is 4.78. The lowest BCUT2D eigenvalue weighted by Gasteiger charge is -2.11. The van der Waals surface area contributed by atoms with Crippen LogP contribution in [0.4, 0.5) is 0 Å². The number of ether oxygens (including phenoxy) is 3. The molecule has 1 aliphatic rings. The summed E-state index contributed by atoms with van der Waals surface area (Å²) in [6.07, 6.45) is 0. The first-order chi connectivity index (χ1) is 16.4. The van der Waals surface area contributed by atoms with Gasteiger partial charge in [0.2, 0.25) is 12.6 Å². The third kappa shape index (κ3) is 4.01. The molecule has 1 aliphatic heterocycles. The smallest absolute Gasteiger partial charge is 0.339 e. The number of nitrogens with zero attached hydrogens (tertiary/aromatic N) is 2. The van der Waals surface area contributed by atoms with Gasteiger partial charge in [0.05, 0.1) is 11.1 Å². The molecule has 0 amide bonds. The van der Waals surface area contributed by atoms with Crippen LogP contribution in [0.25, 0.3) is 10.9 Å². The number of Topliss-reactive ketones (excluding diaryl/α,β-unsaturated/α-hetero) is 1. The van der Waals surface area contributed by atoms with E-state index in [-0.39, 0.29) is 19.2 Å². The zero-order valence-electron chi connectivity index (χ0n) is 19.3. The van der Waals surface area contributed by atoms with Crippen molar-refractivity contribution < 1.29 is 23.8 Å². The summed E-state index contributed by atoms with van der Waals surface area (Å²) in [7, 11) is 0. The summed E-state index contributed by atoms with van der Waals surface area (Å²) in [4.78, 5) is 30.2. The molecule has 34 heavy (non-hydrogen) atoms. The number of hydrogen-bond donors (Lipinski definition) is 0. The second kappa shape index (κ2) is 8.67. The topological polar surface area (TPSA) is 79.7 Å². The molecule has 0 atom stereocenters. The van der Waals surface area contributed by atoms with Gasteiger partial charge in [-0.3, -0.25) is 9.78 Å². The summed E-state index contributed by atoms with van der Waals surface area (Å²) >= 11 is 0. The van der Waals surface area contributed by atoms with Crippen LogP contribution >= 0.6 is 0 Å². The Morgan fingerprint density at radius 2 is 1.76 bits per heavy atom. The lowest BCUT2D eigenvalue weighted by molar-refractivity contribution is 0.0476. The fourth-order valence-corrected chi connectivity index (χ4v) is 4.31. The standard InChI is InChI=1S/C27H24N2O5/c1-16-10-22(20-6-4-5-7-23(20)28-16)27(31)32-14-24(30)21-11-17(2)29(18(21)3)13-19-8-9-25-26(12-19)34-15-33-25/h4-12H,13-15H2,1-3H3. The van der Waals surface area contributed by atoms with Crippen molar-refractivity contribution in [1.82, 2.24) is 9.55 Å². The van der Waals surface area contributed by atoms with E-state index in [4.69, 9.17) is 14.2 Å². The number of aryl methyl sites for hydroxylation is 2. The van der Waals surface area contributed by atoms with Gasteiger partial charge in [0.25, 0.3) is 0 Å². The molecular weight excluding hydrogens is 432 g/mol. The number of hydrogen-bond acceptors (Lipinski definition) is 6. The van der Waals surface area contributed by atoms with E-state index in [1.807, 2.05) is 69.3 Å². The maximum Gasteiger partial charge on any atom is 0.339 e. The maximum absolute atomic E-state index is 13.0. The van der Waals surface area contributed by atoms with E-state index in [1.54, 1.807) is 6.07 Å². The summed E-state index contributed by atoms with van der Waals surface area (Å²) in [6, 6.07) is 16.7. The minimum Gasteiger partial charge on any atom is -0.454 e. The molecule has 0 unspecified atom stereocenters. The van der Waals surface area contributed by atoms with Crippen molar-refractivity contribution in [1.29, 1.82) is 0 Å². The molecule has 4 aromatic rings. The number of benzene rings is 2. The molecule has 7 heteroatoms. The molecule has 0 bridgehead atoms. The van der Waals surface area contributed by atoms with Crippen molar-refractivity contribution in [2.75, 3.05) is 13.4 Å². The summed E-state index contributed by atoms with van der Waals surface area (Å²) in [5.74, 6) is 0.680. The normalized spacial score (nSPS) is 12.2. The van der Waals surface area contributed by atoms with Gasteiger partial charge in [0.15, 0.2) is 18.1 Å². The molecule has 0 fully saturated rings. The van der Waals surface area contributed by atoms with Crippen LogP contribution in [0, 0.1) is 20.8 Å². The van der Waals surface area contributed by atoms with Gasteiger partial charge in [-0.25, -0.2) is 4.79 Å². The molecule has 0 N–H and O–H groups in total. The average molecular weight is 456 g/mol. The largest absolute Gasteiger partial charge is 0.454 e. The first-order valence-corrected chi connectivity index (χ1v) is 11.0. The second-order valence-corrected chi connectivity index (χ2v) is 8.39. The van der Waals surface area contributed by atoms with Gasteiger partial charge in [-0.05, 0) is 56.7 Å². The van der Waals surface area contributed by atoms with Crippen LogP contribution < -0.4 is 9.47 Å². The predicted molar refractivity (Wildman–Crippen MR) is 127 cm³/mol. The van der Waals surface area contributed by atoms with Gasteiger partial charge < -0.3 is 18.8 Å². The molecule has 0 radical (unpaired) electrons. The number of esters is 1. The van der Waals surface area contributed by atoms with Crippen molar-refractivity contribution in [2.24, 2.45) is 0 Å². The molecule has 2 aromatic heterocycles. The average Bonchev–Trinajstić information content (AvgIpc) is 3.41. The lowest BCUT2D eigenvalue weighted by atomic mass is 10.1. The Hall–Kier alpha value is -4.13. The SMILES string of the molecule is Cc1cc(C(=O)OCC(=O)c2cc(C)n(Cc3ccc4c(c3)OCO4)c2C)c2ccccc2n1. The van der Waals surface area contributed by atoms with Gasteiger partial charge in [-0.1, -0.05) is 24.3 Å². The second-order valence-electron chi connectivity index (χ2n) is 8.39. The number of ketones is 1. The monoisotopic (exact) mass is 456 g/mol. The fourth-order valence-electron chi connectivity index (χ4n) is 4.31. The molecule has 5 rings (SSSR count). The minimum absolute atomic E-state index is 0.229. The number of carbonyl (C=O) groups excluding carboxylic acids is 2. The van der Waals surface area contributed by atoms with Crippen molar-refractivity contribution in [3.8, 4) is 11.5 Å². The number of pyridine rings is 1. The highest BCUT2D eigenvalue weighted by atomic mass is 16.7. The Balaban J connectivity index is 1.32. The molecule has 0 saturated heterocycles. The maximum atomic E-state index is 13.0. The van der Waals surface area contributed by atoms with Crippen LogP contribution in [0.3, 0.4) is 0 Å². The van der Waals surface area contributed by atoms with Crippen LogP contribution in [0.2, 0.25) is 0 Å². The highest BCUT2D eigenvalue weighted by Gasteiger charge is 2.20. The zero-order valence-corrected chi connectivity index (χ0v) is 19.3. The first-order valence-electron chi connectivity index (χ1n) is 11.0. The van der Waals surface area contributed by atoms with Gasteiger partial charge in [0, 0.05) is 34.6 Å². The van der Waals surface area contributed by atoms with Crippen LogP contribution in [-0.2, 0) is 11.3 Å². The van der Waals surface area contributed by atoms with Gasteiger partial charge in [0.1, 0.15) is 0 Å². The molecule has 172 valence electrons. The zero-order chi connectivity index (χ0) is 23.8. The third-order valence-corrected chi connectivity index (χ3v) is 6.05. The van der Waals surface area contributed by atoms with Crippen LogP contribution in [0.5, 0.6) is 11.5 Å². The quantitative estimate of drug-likeness (QED) is 0.307. The molecule has 7 nitrogen and oxygen atoms in total. The molecule has 3 heterocycles. The first kappa shape index (κ1) is 21.7. The van der Waals surface area contributed by atoms with E-state index in [9.17, 15) is 9.59 Å². The number of fused-ring (bicyclic) bond motifs is 2. The fraction of sp³-hybridized carbons (Fsp3) is 0.222. The number of carbonyl (C=O) groups is 2. The Kier molecular flexibility index (Phi) is 5.53. The highest BCUT2D eigenvalue weighted by Crippen LogP contribution is 2.33. The summed E-state index contributed by atoms with van der Waals surface area (Å²) in [5.41, 5.74) is 5.18. The minimum atomic E-state index is -0.538. The van der Waals surface area contributed by atoms with Crippen molar-refractivity contribution in [3.63, 3.8) is 0 Å². The van der Waals surface area contributed by atoms with Gasteiger partial charge in [-0.2, -0.15) is 0 Å². The summed E-state index contributed by atoms with van der Waals surface area (Å²) < 4.78 is 18.3. The summed E-state index contributed by atoms with van der Waals surface area (Å²) in [6.45, 7) is 6.16. The number of para-hydroxylation sites is 1. The number of aromatic nitrogens is 2. The Labute approximate surface area is 196 Å². The van der Waals surface area contributed by atoms with E-state index in [0.29, 0.717) is 34.3 Å². The van der Waals surface area contributed by atoms with Crippen LogP contribution in [-0.4, -0.2) is 34.7 Å². The van der Waals surface area contributed by atoms with E-state index in [1.165, 1.54) is 0 Å². The van der Waals surface area contributed by atoms with E-state index < -0.39 is 5.97 Å². The van der Waals surface area contributed by atoms with Crippen LogP contribution in [0.15, 0.2) is 54.6 Å². The van der Waals surface area contributed by atoms with Gasteiger partial charge >= 0.3 is 5.97 Å². The Morgan fingerprint density at radius 3 is 2.62 bits per heavy atom. The highest BCUT2D eigenvalue weighted by molar-refractivity contribution is 6.05. The van der Waals surface area contributed by atoms with E-state index in [0.717, 1.165) is 28.5 Å². The lowest BCUT2D eigenvalue weighted by Crippen LogP contribution is -2.16. The van der Waals surface area contributed by atoms with Gasteiger partial charge in [-0.15, -0.1) is 0 Å². The molecule has 0 spiro atoms. The Morgan fingerprint density at radius 1 is 0.971 bits per heavy atom. The Bertz CT molecular complexity index is 1440. The van der Waals surface area contributed by atoms with Crippen LogP contribution in [0.1, 0.15) is 43.4 Å². The molecule has 2 aromatic carbocycles. The molecule has 0 aliphatic carbocycles. The summed E-state index contributed by atoms with van der Waals surface area (Å²) in [5, 5.41) is 0.701.